The Bertz CT molecular complexity index is 436. The third-order valence-corrected chi connectivity index (χ3v) is 1.85. The van der Waals surface area contributed by atoms with Crippen molar-refractivity contribution in [2.45, 2.75) is 0 Å². The maximum atomic E-state index is 12.7. The van der Waals surface area contributed by atoms with Crippen molar-refractivity contribution in [2.24, 2.45) is 7.05 Å². The lowest BCUT2D eigenvalue weighted by molar-refractivity contribution is -0.578. The van der Waals surface area contributed by atoms with Gasteiger partial charge in [0.15, 0.2) is 5.82 Å². The molecule has 0 saturated carbocycles. The largest absolute Gasteiger partial charge is 0.618 e. The first-order chi connectivity index (χ1) is 5.68. The molecule has 0 atom stereocenters. The summed E-state index contributed by atoms with van der Waals surface area (Å²) in [6.45, 7) is 0. The highest BCUT2D eigenvalue weighted by Crippen LogP contribution is 2.10. The molecule has 12 heavy (non-hydrogen) atoms. The van der Waals surface area contributed by atoms with E-state index in [2.05, 4.69) is 0 Å². The quantitative estimate of drug-likeness (QED) is 0.423. The molecule has 62 valence electrons. The van der Waals surface area contributed by atoms with Gasteiger partial charge in [0, 0.05) is 25.4 Å². The minimum Gasteiger partial charge on any atom is -0.618 e. The number of fused-ring (bicyclic) bond motifs is 1. The van der Waals surface area contributed by atoms with E-state index in [1.165, 1.54) is 6.07 Å². The van der Waals surface area contributed by atoms with Gasteiger partial charge in [-0.25, -0.2) is 4.39 Å². The van der Waals surface area contributed by atoms with Crippen LogP contribution in [0.2, 0.25) is 0 Å². The Morgan fingerprint density at radius 1 is 1.58 bits per heavy atom. The van der Waals surface area contributed by atoms with Crippen LogP contribution in [0.4, 0.5) is 4.39 Å². The van der Waals surface area contributed by atoms with Crippen LogP contribution in [0.1, 0.15) is 0 Å². The summed E-state index contributed by atoms with van der Waals surface area (Å²) < 4.78 is 15.0. The van der Waals surface area contributed by atoms with Gasteiger partial charge in [-0.2, -0.15) is 4.73 Å². The second-order valence-corrected chi connectivity index (χ2v) is 2.68. The van der Waals surface area contributed by atoms with Crippen LogP contribution in [0.5, 0.6) is 0 Å². The summed E-state index contributed by atoms with van der Waals surface area (Å²) >= 11 is 0. The second-order valence-electron chi connectivity index (χ2n) is 2.68. The maximum absolute atomic E-state index is 12.7. The van der Waals surface area contributed by atoms with E-state index < -0.39 is 5.82 Å². The molecule has 4 heteroatoms. The van der Waals surface area contributed by atoms with Crippen molar-refractivity contribution in [3.63, 3.8) is 0 Å². The molecule has 0 spiro atoms. The minimum absolute atomic E-state index is 0.485. The first-order valence-electron chi connectivity index (χ1n) is 3.52. The van der Waals surface area contributed by atoms with Crippen molar-refractivity contribution in [1.29, 1.82) is 0 Å². The van der Waals surface area contributed by atoms with Crippen LogP contribution >= 0.6 is 0 Å². The molecule has 0 saturated heterocycles. The van der Waals surface area contributed by atoms with E-state index in [-0.39, 0.29) is 0 Å². The number of pyridine rings is 1. The van der Waals surface area contributed by atoms with Crippen molar-refractivity contribution in [3.8, 4) is 0 Å². The summed E-state index contributed by atoms with van der Waals surface area (Å²) in [5.74, 6) is -0.515. The van der Waals surface area contributed by atoms with Gasteiger partial charge in [0.25, 0.3) is 0 Å². The molecule has 3 nitrogen and oxygen atoms in total. The summed E-state index contributed by atoms with van der Waals surface area (Å²) in [7, 11) is 1.77. The molecule has 0 amide bonds. The number of halogens is 1. The maximum Gasteiger partial charge on any atom is 0.242 e. The molecule has 0 aliphatic heterocycles. The van der Waals surface area contributed by atoms with Gasteiger partial charge >= 0.3 is 0 Å². The molecule has 0 radical (unpaired) electrons. The van der Waals surface area contributed by atoms with E-state index in [4.69, 9.17) is 0 Å². The van der Waals surface area contributed by atoms with E-state index in [0.717, 1.165) is 6.20 Å². The van der Waals surface area contributed by atoms with Crippen molar-refractivity contribution in [2.75, 3.05) is 0 Å². The van der Waals surface area contributed by atoms with Crippen LogP contribution in [-0.2, 0) is 7.05 Å². The Balaban J connectivity index is 2.92. The van der Waals surface area contributed by atoms with Crippen LogP contribution in [-0.4, -0.2) is 4.57 Å². The zero-order valence-electron chi connectivity index (χ0n) is 6.49. The zero-order chi connectivity index (χ0) is 8.72. The predicted octanol–water partition coefficient (Wildman–Crippen LogP) is 0.951. The molecular formula is C8H7FN2O. The van der Waals surface area contributed by atoms with E-state index in [0.29, 0.717) is 15.8 Å². The summed E-state index contributed by atoms with van der Waals surface area (Å²) in [6, 6.07) is 2.99. The average molecular weight is 166 g/mol. The van der Waals surface area contributed by atoms with Gasteiger partial charge in [0.2, 0.25) is 11.7 Å². The number of aryl methyl sites for hydroxylation is 1. The van der Waals surface area contributed by atoms with E-state index in [1.807, 2.05) is 0 Å². The third-order valence-electron chi connectivity index (χ3n) is 1.85. The van der Waals surface area contributed by atoms with Gasteiger partial charge in [-0.3, -0.25) is 0 Å². The van der Waals surface area contributed by atoms with Gasteiger partial charge in [-0.1, -0.05) is 0 Å². The van der Waals surface area contributed by atoms with Crippen molar-refractivity contribution >= 4 is 11.0 Å². The van der Waals surface area contributed by atoms with Gasteiger partial charge in [0.1, 0.15) is 5.52 Å². The molecule has 0 aromatic carbocycles. The van der Waals surface area contributed by atoms with Crippen LogP contribution < -0.4 is 4.73 Å². The number of aromatic nitrogens is 2. The lowest BCUT2D eigenvalue weighted by atomic mass is 10.4. The lowest BCUT2D eigenvalue weighted by Gasteiger charge is -1.98. The van der Waals surface area contributed by atoms with Gasteiger partial charge in [-0.05, 0) is 0 Å². The molecular weight excluding hydrogens is 159 g/mol. The fourth-order valence-electron chi connectivity index (χ4n) is 1.24. The molecule has 0 fully saturated rings. The Morgan fingerprint density at radius 2 is 2.33 bits per heavy atom. The monoisotopic (exact) mass is 166 g/mol. The molecule has 0 aliphatic rings. The fraction of sp³-hybridized carbons (Fsp3) is 0.125. The number of rotatable bonds is 0. The fourth-order valence-corrected chi connectivity index (χ4v) is 1.24. The predicted molar refractivity (Wildman–Crippen MR) is 41.8 cm³/mol. The molecule has 0 unspecified atom stereocenters. The first-order valence-corrected chi connectivity index (χ1v) is 3.52. The lowest BCUT2D eigenvalue weighted by Crippen LogP contribution is -2.26. The summed E-state index contributed by atoms with van der Waals surface area (Å²) in [5.41, 5.74) is 1.09. The minimum atomic E-state index is -0.515. The Morgan fingerprint density at radius 3 is 3.08 bits per heavy atom. The Kier molecular flexibility index (Phi) is 1.30. The van der Waals surface area contributed by atoms with E-state index >= 15 is 0 Å². The highest BCUT2D eigenvalue weighted by Gasteiger charge is 2.08. The van der Waals surface area contributed by atoms with Gasteiger partial charge in [0.05, 0.1) is 0 Å². The van der Waals surface area contributed by atoms with Gasteiger partial charge in [-0.15, -0.1) is 0 Å². The topological polar surface area (TPSA) is 31.9 Å². The zero-order valence-corrected chi connectivity index (χ0v) is 6.49. The molecule has 0 bridgehead atoms. The highest BCUT2D eigenvalue weighted by atomic mass is 19.1. The van der Waals surface area contributed by atoms with Crippen molar-refractivity contribution in [3.05, 3.63) is 35.6 Å². The van der Waals surface area contributed by atoms with Crippen LogP contribution in [0.15, 0.2) is 24.5 Å². The SMILES string of the molecule is Cn1ccc2c1cc(F)c[n+]2[O-]. The van der Waals surface area contributed by atoms with E-state index in [1.54, 1.807) is 23.9 Å². The molecule has 2 rings (SSSR count). The molecule has 0 aliphatic carbocycles. The molecule has 2 aromatic heterocycles. The average Bonchev–Trinajstić information content (AvgIpc) is 2.33. The van der Waals surface area contributed by atoms with Crippen molar-refractivity contribution in [1.82, 2.24) is 4.57 Å². The van der Waals surface area contributed by atoms with E-state index in [9.17, 15) is 9.60 Å². The summed E-state index contributed by atoms with van der Waals surface area (Å²) in [5, 5.41) is 11.1. The summed E-state index contributed by atoms with van der Waals surface area (Å²) in [4.78, 5) is 0. The highest BCUT2D eigenvalue weighted by molar-refractivity contribution is 5.72. The number of hydrogen-bond donors (Lipinski definition) is 0. The van der Waals surface area contributed by atoms with Crippen LogP contribution in [0.25, 0.3) is 11.0 Å². The molecule has 2 heterocycles. The smallest absolute Gasteiger partial charge is 0.242 e. The third kappa shape index (κ3) is 0.845. The number of nitrogens with zero attached hydrogens (tertiary/aromatic N) is 2. The Hall–Kier alpha value is -1.58. The molecule has 2 aromatic rings. The van der Waals surface area contributed by atoms with Gasteiger partial charge < -0.3 is 9.77 Å². The van der Waals surface area contributed by atoms with Crippen LogP contribution in [0, 0.1) is 11.0 Å². The molecule has 0 N–H and O–H groups in total. The van der Waals surface area contributed by atoms with Crippen molar-refractivity contribution < 1.29 is 9.12 Å². The second kappa shape index (κ2) is 2.20. The Labute approximate surface area is 68.2 Å². The summed E-state index contributed by atoms with van der Waals surface area (Å²) in [6.07, 6.45) is 2.64. The number of hydrogen-bond acceptors (Lipinski definition) is 1. The normalized spacial score (nSPS) is 10.8. The first kappa shape index (κ1) is 7.09. The van der Waals surface area contributed by atoms with Crippen LogP contribution in [0.3, 0.4) is 0 Å². The standard InChI is InChI=1S/C8H7FN2O/c1-10-3-2-7-8(10)4-6(9)5-11(7)12/h2-5H,1H3.